The summed E-state index contributed by atoms with van der Waals surface area (Å²) < 4.78 is 23.8. The van der Waals surface area contributed by atoms with Crippen LogP contribution >= 0.6 is 0 Å². The van der Waals surface area contributed by atoms with E-state index in [0.717, 1.165) is 11.1 Å². The van der Waals surface area contributed by atoms with Gasteiger partial charge in [0.1, 0.15) is 24.4 Å². The van der Waals surface area contributed by atoms with Crippen LogP contribution < -0.4 is 5.32 Å². The molecule has 2 aromatic carbocycles. The molecule has 6 atom stereocenters. The van der Waals surface area contributed by atoms with Crippen molar-refractivity contribution in [2.75, 3.05) is 6.61 Å². The van der Waals surface area contributed by atoms with Crippen molar-refractivity contribution in [2.45, 2.75) is 50.5 Å². The number of aliphatic hydroxyl groups is 1. The van der Waals surface area contributed by atoms with Crippen molar-refractivity contribution < 1.29 is 28.8 Å². The first-order valence-electron chi connectivity index (χ1n) is 9.70. The number of hydrogen-bond donors (Lipinski definition) is 2. The molecular formula is C22H25NO6. The van der Waals surface area contributed by atoms with Crippen molar-refractivity contribution in [3.63, 3.8) is 0 Å². The summed E-state index contributed by atoms with van der Waals surface area (Å²) in [5.74, 6) is -0.281. The number of fused-ring (bicyclic) bond motifs is 1. The van der Waals surface area contributed by atoms with Crippen LogP contribution in [0.25, 0.3) is 0 Å². The van der Waals surface area contributed by atoms with E-state index in [1.165, 1.54) is 6.92 Å². The van der Waals surface area contributed by atoms with Crippen molar-refractivity contribution in [2.24, 2.45) is 0 Å². The summed E-state index contributed by atoms with van der Waals surface area (Å²) in [5.41, 5.74) is 1.83. The number of rotatable bonds is 5. The van der Waals surface area contributed by atoms with Gasteiger partial charge in [0.25, 0.3) is 0 Å². The Hall–Kier alpha value is -2.29. The minimum atomic E-state index is -1.01. The van der Waals surface area contributed by atoms with E-state index >= 15 is 0 Å². The molecule has 0 unspecified atom stereocenters. The summed E-state index contributed by atoms with van der Waals surface area (Å²) in [5, 5.41) is 13.7. The second kappa shape index (κ2) is 9.02. The predicted molar refractivity (Wildman–Crippen MR) is 104 cm³/mol. The summed E-state index contributed by atoms with van der Waals surface area (Å²) in [6.07, 6.45) is -3.59. The Morgan fingerprint density at radius 1 is 1.10 bits per heavy atom. The van der Waals surface area contributed by atoms with Crippen LogP contribution in [-0.2, 0) is 30.3 Å². The number of amides is 1. The van der Waals surface area contributed by atoms with Crippen LogP contribution in [0.3, 0.4) is 0 Å². The number of aliphatic hydroxyl groups excluding tert-OH is 1. The summed E-state index contributed by atoms with van der Waals surface area (Å²) in [4.78, 5) is 11.7. The Bertz CT molecular complexity index is 801. The van der Waals surface area contributed by atoms with Crippen LogP contribution in [0.15, 0.2) is 60.7 Å². The van der Waals surface area contributed by atoms with E-state index in [9.17, 15) is 9.90 Å². The largest absolute Gasteiger partial charge is 0.388 e. The molecule has 0 saturated carbocycles. The lowest BCUT2D eigenvalue weighted by Crippen LogP contribution is -2.66. The first kappa shape index (κ1) is 20.0. The van der Waals surface area contributed by atoms with Gasteiger partial charge in [-0.2, -0.15) is 0 Å². The highest BCUT2D eigenvalue weighted by atomic mass is 16.7. The van der Waals surface area contributed by atoms with Gasteiger partial charge in [0, 0.05) is 12.5 Å². The zero-order valence-corrected chi connectivity index (χ0v) is 16.1. The summed E-state index contributed by atoms with van der Waals surface area (Å²) in [7, 11) is 0. The second-order valence-electron chi connectivity index (χ2n) is 7.23. The molecule has 0 bridgehead atoms. The molecular weight excluding hydrogens is 374 g/mol. The van der Waals surface area contributed by atoms with Crippen LogP contribution in [0.5, 0.6) is 0 Å². The number of carbonyl (C=O) groups excluding carboxylic acids is 1. The average molecular weight is 399 g/mol. The molecule has 0 aliphatic carbocycles. The van der Waals surface area contributed by atoms with E-state index in [0.29, 0.717) is 6.61 Å². The fourth-order valence-electron chi connectivity index (χ4n) is 3.65. The molecule has 2 saturated heterocycles. The van der Waals surface area contributed by atoms with Crippen molar-refractivity contribution in [3.05, 3.63) is 71.8 Å². The van der Waals surface area contributed by atoms with E-state index in [1.54, 1.807) is 0 Å². The Kier molecular flexibility index (Phi) is 6.22. The van der Waals surface area contributed by atoms with E-state index in [2.05, 4.69) is 5.32 Å². The van der Waals surface area contributed by atoms with E-state index in [1.807, 2.05) is 60.7 Å². The third-order valence-corrected chi connectivity index (χ3v) is 5.06. The highest BCUT2D eigenvalue weighted by Crippen LogP contribution is 2.34. The molecule has 0 spiro atoms. The summed E-state index contributed by atoms with van der Waals surface area (Å²) in [6, 6.07) is 18.4. The molecule has 1 amide bonds. The van der Waals surface area contributed by atoms with Crippen molar-refractivity contribution in [1.29, 1.82) is 0 Å². The van der Waals surface area contributed by atoms with Gasteiger partial charge in [-0.05, 0) is 5.56 Å². The molecule has 2 aromatic rings. The maximum absolute atomic E-state index is 11.7. The Labute approximate surface area is 169 Å². The molecule has 2 heterocycles. The third kappa shape index (κ3) is 4.66. The maximum atomic E-state index is 11.7. The van der Waals surface area contributed by atoms with Gasteiger partial charge in [0.2, 0.25) is 5.91 Å². The van der Waals surface area contributed by atoms with Gasteiger partial charge in [-0.3, -0.25) is 4.79 Å². The maximum Gasteiger partial charge on any atom is 0.217 e. The summed E-state index contributed by atoms with van der Waals surface area (Å²) >= 11 is 0. The van der Waals surface area contributed by atoms with Crippen LogP contribution in [0.2, 0.25) is 0 Å². The number of nitrogens with one attached hydrogen (secondary N) is 1. The van der Waals surface area contributed by atoms with Crippen LogP contribution in [0.4, 0.5) is 0 Å². The quantitative estimate of drug-likeness (QED) is 0.799. The predicted octanol–water partition coefficient (Wildman–Crippen LogP) is 1.91. The fourth-order valence-corrected chi connectivity index (χ4v) is 3.65. The molecule has 0 aromatic heterocycles. The minimum Gasteiger partial charge on any atom is -0.388 e. The molecule has 0 radical (unpaired) electrons. The zero-order valence-electron chi connectivity index (χ0n) is 16.1. The van der Waals surface area contributed by atoms with Gasteiger partial charge in [-0.15, -0.1) is 0 Å². The van der Waals surface area contributed by atoms with Crippen LogP contribution in [-0.4, -0.2) is 48.3 Å². The average Bonchev–Trinajstić information content (AvgIpc) is 2.75. The van der Waals surface area contributed by atoms with Crippen molar-refractivity contribution >= 4 is 5.91 Å². The van der Waals surface area contributed by atoms with Gasteiger partial charge >= 0.3 is 0 Å². The Balaban J connectivity index is 1.48. The van der Waals surface area contributed by atoms with E-state index in [4.69, 9.17) is 18.9 Å². The van der Waals surface area contributed by atoms with E-state index < -0.39 is 36.9 Å². The lowest BCUT2D eigenvalue weighted by Gasteiger charge is -2.47. The molecule has 2 aliphatic heterocycles. The molecule has 7 nitrogen and oxygen atoms in total. The van der Waals surface area contributed by atoms with Gasteiger partial charge in [-0.1, -0.05) is 60.7 Å². The second-order valence-corrected chi connectivity index (χ2v) is 7.23. The van der Waals surface area contributed by atoms with Crippen molar-refractivity contribution in [3.8, 4) is 0 Å². The highest BCUT2D eigenvalue weighted by Gasteiger charge is 2.50. The van der Waals surface area contributed by atoms with Gasteiger partial charge in [0.15, 0.2) is 12.6 Å². The molecule has 2 N–H and O–H groups in total. The third-order valence-electron chi connectivity index (χ3n) is 5.06. The topological polar surface area (TPSA) is 86.3 Å². The smallest absolute Gasteiger partial charge is 0.217 e. The van der Waals surface area contributed by atoms with Gasteiger partial charge in [0.05, 0.1) is 13.2 Å². The first-order chi connectivity index (χ1) is 14.1. The normalized spacial score (nSPS) is 31.7. The monoisotopic (exact) mass is 399 g/mol. The number of ether oxygens (including phenoxy) is 4. The number of benzene rings is 2. The van der Waals surface area contributed by atoms with Crippen molar-refractivity contribution in [1.82, 2.24) is 5.32 Å². The zero-order chi connectivity index (χ0) is 20.2. The van der Waals surface area contributed by atoms with E-state index in [-0.39, 0.29) is 12.5 Å². The van der Waals surface area contributed by atoms with Crippen LogP contribution in [0.1, 0.15) is 24.3 Å². The lowest BCUT2D eigenvalue weighted by atomic mass is 9.95. The minimum absolute atomic E-state index is 0.249. The first-order valence-corrected chi connectivity index (χ1v) is 9.70. The lowest BCUT2D eigenvalue weighted by molar-refractivity contribution is -0.345. The fraction of sp³-hybridized carbons (Fsp3) is 0.409. The van der Waals surface area contributed by atoms with Gasteiger partial charge < -0.3 is 29.4 Å². The SMILES string of the molecule is CC(=O)N[C@@H]1[C@H](OCc2ccccc2)O[C@@H]2CO[C@H](c3ccccc3)O[C@H]2[C@H]1O. The standard InChI is InChI=1S/C22H25NO6/c1-14(24)23-18-19(25)20-17(13-27-21(29-20)16-10-6-3-7-11-16)28-22(18)26-12-15-8-4-2-5-9-15/h2-11,17-22,25H,12-13H2,1H3,(H,23,24)/t17-,18+,19+,20-,21+,22-/m1/s1. The Morgan fingerprint density at radius 3 is 2.48 bits per heavy atom. The summed E-state index contributed by atoms with van der Waals surface area (Å²) in [6.45, 7) is 1.93. The van der Waals surface area contributed by atoms with Gasteiger partial charge in [-0.25, -0.2) is 0 Å². The molecule has 2 aliphatic rings. The molecule has 2 fully saturated rings. The molecule has 154 valence electrons. The number of carbonyl (C=O) groups is 1. The molecule has 29 heavy (non-hydrogen) atoms. The Morgan fingerprint density at radius 2 is 1.79 bits per heavy atom. The molecule has 4 rings (SSSR count). The highest BCUT2D eigenvalue weighted by molar-refractivity contribution is 5.73. The molecule has 7 heteroatoms. The van der Waals surface area contributed by atoms with Crippen LogP contribution in [0, 0.1) is 0 Å². The number of hydrogen-bond acceptors (Lipinski definition) is 6.